The SMILES string of the molecule is CCCCn1c(=O)[nH]c(=O)c2c1nc(COC(=O)/C=C/c1ccccc1)n2CCC(C)C. The van der Waals surface area contributed by atoms with Crippen LogP contribution in [-0.4, -0.2) is 25.1 Å². The molecule has 0 fully saturated rings. The van der Waals surface area contributed by atoms with E-state index >= 15 is 0 Å². The highest BCUT2D eigenvalue weighted by Gasteiger charge is 2.19. The fourth-order valence-electron chi connectivity index (χ4n) is 3.39. The third-order valence-electron chi connectivity index (χ3n) is 5.18. The lowest BCUT2D eigenvalue weighted by Crippen LogP contribution is -2.31. The molecule has 0 saturated carbocycles. The molecule has 0 radical (unpaired) electrons. The van der Waals surface area contributed by atoms with E-state index in [-0.39, 0.29) is 6.61 Å². The summed E-state index contributed by atoms with van der Waals surface area (Å²) in [6.45, 7) is 7.12. The molecule has 0 bridgehead atoms. The molecule has 0 aliphatic carbocycles. The number of H-pyrrole nitrogens is 1. The van der Waals surface area contributed by atoms with Gasteiger partial charge in [-0.1, -0.05) is 57.5 Å². The van der Waals surface area contributed by atoms with Crippen LogP contribution >= 0.6 is 0 Å². The van der Waals surface area contributed by atoms with Gasteiger partial charge in [-0.3, -0.25) is 14.3 Å². The van der Waals surface area contributed by atoms with Gasteiger partial charge in [0.05, 0.1) is 0 Å². The summed E-state index contributed by atoms with van der Waals surface area (Å²) >= 11 is 0. The van der Waals surface area contributed by atoms with Gasteiger partial charge in [-0.25, -0.2) is 14.6 Å². The molecule has 0 atom stereocenters. The molecule has 8 heteroatoms. The van der Waals surface area contributed by atoms with Crippen LogP contribution in [0.2, 0.25) is 0 Å². The third kappa shape index (κ3) is 5.63. The number of carbonyl (C=O) groups excluding carboxylic acids is 1. The minimum atomic E-state index is -0.506. The number of rotatable bonds is 10. The highest BCUT2D eigenvalue weighted by molar-refractivity contribution is 5.87. The van der Waals surface area contributed by atoms with E-state index in [9.17, 15) is 14.4 Å². The number of fused-ring (bicyclic) bond motifs is 1. The summed E-state index contributed by atoms with van der Waals surface area (Å²) < 4.78 is 8.67. The standard InChI is InChI=1S/C24H30N4O4/c1-4-5-14-28-22-21(23(30)26-24(28)31)27(15-13-17(2)3)19(25-22)16-32-20(29)12-11-18-9-7-6-8-10-18/h6-12,17H,4-5,13-16H2,1-3H3,(H,26,30,31)/b12-11+. The number of nitrogens with zero attached hydrogens (tertiary/aromatic N) is 3. The van der Waals surface area contributed by atoms with Crippen molar-refractivity contribution in [3.63, 3.8) is 0 Å². The topological polar surface area (TPSA) is 99.0 Å². The number of unbranched alkanes of at least 4 members (excludes halogenated alkanes) is 1. The summed E-state index contributed by atoms with van der Waals surface area (Å²) in [5.41, 5.74) is 0.614. The molecule has 170 valence electrons. The van der Waals surface area contributed by atoms with Gasteiger partial charge in [0.25, 0.3) is 5.56 Å². The first kappa shape index (κ1) is 23.2. The van der Waals surface area contributed by atoms with Crippen molar-refractivity contribution >= 4 is 23.2 Å². The fraction of sp³-hybridized carbons (Fsp3) is 0.417. The average molecular weight is 439 g/mol. The Morgan fingerprint density at radius 2 is 1.91 bits per heavy atom. The molecular weight excluding hydrogens is 408 g/mol. The van der Waals surface area contributed by atoms with E-state index < -0.39 is 17.2 Å². The number of nitrogens with one attached hydrogen (secondary N) is 1. The van der Waals surface area contributed by atoms with E-state index in [1.807, 2.05) is 37.3 Å². The molecular formula is C24H30N4O4. The second kappa shape index (κ2) is 10.7. The third-order valence-corrected chi connectivity index (χ3v) is 5.18. The van der Waals surface area contributed by atoms with E-state index in [1.165, 1.54) is 10.6 Å². The lowest BCUT2D eigenvalue weighted by Gasteiger charge is -2.11. The maximum atomic E-state index is 12.7. The molecule has 0 spiro atoms. The Hall–Kier alpha value is -3.42. The number of hydrogen-bond acceptors (Lipinski definition) is 5. The van der Waals surface area contributed by atoms with Gasteiger partial charge in [-0.2, -0.15) is 0 Å². The number of hydrogen-bond donors (Lipinski definition) is 1. The highest BCUT2D eigenvalue weighted by Crippen LogP contribution is 2.16. The van der Waals surface area contributed by atoms with Crippen molar-refractivity contribution in [2.45, 2.75) is 59.7 Å². The van der Waals surface area contributed by atoms with Gasteiger partial charge >= 0.3 is 11.7 Å². The molecule has 3 rings (SSSR count). The Kier molecular flexibility index (Phi) is 7.81. The van der Waals surface area contributed by atoms with Crippen molar-refractivity contribution in [3.8, 4) is 0 Å². The van der Waals surface area contributed by atoms with E-state index in [2.05, 4.69) is 23.8 Å². The van der Waals surface area contributed by atoms with Gasteiger partial charge in [0.15, 0.2) is 11.2 Å². The Morgan fingerprint density at radius 1 is 1.16 bits per heavy atom. The van der Waals surface area contributed by atoms with Crippen LogP contribution in [0.4, 0.5) is 0 Å². The molecule has 32 heavy (non-hydrogen) atoms. The van der Waals surface area contributed by atoms with Crippen molar-refractivity contribution in [2.24, 2.45) is 5.92 Å². The van der Waals surface area contributed by atoms with E-state index in [1.54, 1.807) is 10.6 Å². The zero-order valence-electron chi connectivity index (χ0n) is 18.8. The Labute approximate surface area is 186 Å². The quantitative estimate of drug-likeness (QED) is 0.386. The summed E-state index contributed by atoms with van der Waals surface area (Å²) in [5, 5.41) is 0. The normalized spacial score (nSPS) is 11.6. The number of benzene rings is 1. The second-order valence-corrected chi connectivity index (χ2v) is 8.15. The summed E-state index contributed by atoms with van der Waals surface area (Å²) in [4.78, 5) is 44.3. The van der Waals surface area contributed by atoms with Crippen molar-refractivity contribution < 1.29 is 9.53 Å². The number of aromatic amines is 1. The van der Waals surface area contributed by atoms with Crippen LogP contribution < -0.4 is 11.2 Å². The van der Waals surface area contributed by atoms with Crippen molar-refractivity contribution in [1.29, 1.82) is 0 Å². The molecule has 2 heterocycles. The highest BCUT2D eigenvalue weighted by atomic mass is 16.5. The van der Waals surface area contributed by atoms with Crippen molar-refractivity contribution in [3.05, 3.63) is 68.6 Å². The molecule has 8 nitrogen and oxygen atoms in total. The Balaban J connectivity index is 1.91. The lowest BCUT2D eigenvalue weighted by atomic mass is 10.1. The lowest BCUT2D eigenvalue weighted by molar-refractivity contribution is -0.139. The van der Waals surface area contributed by atoms with Gasteiger partial charge in [-0.15, -0.1) is 0 Å². The van der Waals surface area contributed by atoms with Gasteiger partial charge in [0.2, 0.25) is 0 Å². The smallest absolute Gasteiger partial charge is 0.331 e. The van der Waals surface area contributed by atoms with Gasteiger partial charge in [-0.05, 0) is 30.4 Å². The Morgan fingerprint density at radius 3 is 2.59 bits per heavy atom. The number of imidazole rings is 1. The predicted molar refractivity (Wildman–Crippen MR) is 124 cm³/mol. The van der Waals surface area contributed by atoms with E-state index in [0.29, 0.717) is 36.0 Å². The first-order chi connectivity index (χ1) is 15.4. The fourth-order valence-corrected chi connectivity index (χ4v) is 3.39. The van der Waals surface area contributed by atoms with Crippen LogP contribution in [0.5, 0.6) is 0 Å². The van der Waals surface area contributed by atoms with Crippen LogP contribution in [0.25, 0.3) is 17.2 Å². The molecule has 2 aromatic heterocycles. The van der Waals surface area contributed by atoms with E-state index in [4.69, 9.17) is 4.74 Å². The molecule has 1 aromatic carbocycles. The summed E-state index contributed by atoms with van der Waals surface area (Å²) in [5.74, 6) is 0.346. The largest absolute Gasteiger partial charge is 0.454 e. The van der Waals surface area contributed by atoms with Gasteiger partial charge in [0, 0.05) is 19.2 Å². The molecule has 0 aliphatic heterocycles. The zero-order valence-corrected chi connectivity index (χ0v) is 18.8. The maximum Gasteiger partial charge on any atom is 0.331 e. The minimum Gasteiger partial charge on any atom is -0.454 e. The summed E-state index contributed by atoms with van der Waals surface area (Å²) in [6.07, 6.45) is 5.54. The second-order valence-electron chi connectivity index (χ2n) is 8.15. The monoisotopic (exact) mass is 438 g/mol. The molecule has 0 saturated heterocycles. The molecule has 0 amide bonds. The number of ether oxygens (including phenoxy) is 1. The first-order valence-electron chi connectivity index (χ1n) is 11.0. The van der Waals surface area contributed by atoms with Crippen LogP contribution in [0, 0.1) is 5.92 Å². The number of aryl methyl sites for hydroxylation is 2. The average Bonchev–Trinajstić information content (AvgIpc) is 3.14. The van der Waals surface area contributed by atoms with Crippen LogP contribution in [-0.2, 0) is 29.2 Å². The van der Waals surface area contributed by atoms with Crippen LogP contribution in [0.1, 0.15) is 51.4 Å². The number of carbonyl (C=O) groups is 1. The van der Waals surface area contributed by atoms with Gasteiger partial charge in [0.1, 0.15) is 12.4 Å². The number of esters is 1. The van der Waals surface area contributed by atoms with Crippen LogP contribution in [0.15, 0.2) is 46.0 Å². The molecule has 0 aliphatic rings. The Bertz CT molecular complexity index is 1200. The molecule has 1 N–H and O–H groups in total. The first-order valence-corrected chi connectivity index (χ1v) is 11.0. The van der Waals surface area contributed by atoms with Crippen molar-refractivity contribution in [1.82, 2.24) is 19.1 Å². The van der Waals surface area contributed by atoms with Gasteiger partial charge < -0.3 is 9.30 Å². The predicted octanol–water partition coefficient (Wildman–Crippen LogP) is 3.49. The molecule has 3 aromatic rings. The van der Waals surface area contributed by atoms with Crippen molar-refractivity contribution in [2.75, 3.05) is 0 Å². The minimum absolute atomic E-state index is 0.0911. The van der Waals surface area contributed by atoms with Crippen LogP contribution in [0.3, 0.4) is 0 Å². The molecule has 0 unspecified atom stereocenters. The summed E-state index contributed by atoms with van der Waals surface area (Å²) in [6, 6.07) is 9.45. The summed E-state index contributed by atoms with van der Waals surface area (Å²) in [7, 11) is 0. The maximum absolute atomic E-state index is 12.7. The zero-order chi connectivity index (χ0) is 23.1. The van der Waals surface area contributed by atoms with E-state index in [0.717, 1.165) is 24.8 Å². The number of aromatic nitrogens is 4.